The van der Waals surface area contributed by atoms with Crippen LogP contribution < -0.4 is 0 Å². The Morgan fingerprint density at radius 2 is 2.05 bits per heavy atom. The Bertz CT molecular complexity index is 391. The summed E-state index contributed by atoms with van der Waals surface area (Å²) in [6.07, 6.45) is 3.98. The van der Waals surface area contributed by atoms with Gasteiger partial charge in [-0.3, -0.25) is 0 Å². The van der Waals surface area contributed by atoms with Crippen LogP contribution in [0, 0.1) is 0 Å². The predicted molar refractivity (Wildman–Crippen MR) is 86.0 cm³/mol. The molecule has 1 atom stereocenters. The van der Waals surface area contributed by atoms with Gasteiger partial charge in [-0.25, -0.2) is 0 Å². The molecule has 0 aliphatic carbocycles. The van der Waals surface area contributed by atoms with E-state index in [0.29, 0.717) is 12.1 Å². The molecule has 0 aliphatic rings. The molecule has 0 fully saturated rings. The third-order valence-corrected chi connectivity index (χ3v) is 5.52. The fourth-order valence-electron chi connectivity index (χ4n) is 2.20. The van der Waals surface area contributed by atoms with Crippen LogP contribution in [0.15, 0.2) is 30.8 Å². The van der Waals surface area contributed by atoms with E-state index in [2.05, 4.69) is 25.6 Å². The van der Waals surface area contributed by atoms with Crippen LogP contribution in [0.1, 0.15) is 30.9 Å². The highest BCUT2D eigenvalue weighted by atomic mass is 28.3. The lowest BCUT2D eigenvalue weighted by molar-refractivity contribution is 0.116. The second kappa shape index (κ2) is 9.88. The second-order valence-electron chi connectivity index (χ2n) is 4.96. The molecule has 0 bridgehead atoms. The number of hydrogen-bond acceptors (Lipinski definition) is 3. The van der Waals surface area contributed by atoms with E-state index in [4.69, 9.17) is 13.6 Å². The lowest BCUT2D eigenvalue weighted by Gasteiger charge is -2.18. The first kappa shape index (κ1) is 17.1. The lowest BCUT2D eigenvalue weighted by Crippen LogP contribution is -2.24. The maximum Gasteiger partial charge on any atom is 0.323 e. The molecule has 1 rings (SSSR count). The van der Waals surface area contributed by atoms with Gasteiger partial charge in [0.1, 0.15) is 0 Å². The van der Waals surface area contributed by atoms with Gasteiger partial charge in [-0.05, 0) is 35.6 Å². The molecule has 0 aliphatic heterocycles. The van der Waals surface area contributed by atoms with Crippen molar-refractivity contribution in [3.05, 3.63) is 42.0 Å². The van der Waals surface area contributed by atoms with Crippen molar-refractivity contribution in [2.24, 2.45) is 0 Å². The second-order valence-corrected chi connectivity index (χ2v) is 7.78. The first-order valence-corrected chi connectivity index (χ1v) is 8.67. The summed E-state index contributed by atoms with van der Waals surface area (Å²) in [5.41, 5.74) is 2.84. The summed E-state index contributed by atoms with van der Waals surface area (Å²) >= 11 is 0. The third-order valence-electron chi connectivity index (χ3n) is 3.33. The Balaban J connectivity index is 2.20. The zero-order valence-electron chi connectivity index (χ0n) is 12.8. The molecule has 1 aromatic carbocycles. The van der Waals surface area contributed by atoms with Crippen LogP contribution >= 0.6 is 0 Å². The van der Waals surface area contributed by atoms with E-state index < -0.39 is 9.28 Å². The van der Waals surface area contributed by atoms with Gasteiger partial charge in [-0.15, -0.1) is 0 Å². The third kappa shape index (κ3) is 6.01. The molecule has 1 unspecified atom stereocenters. The highest BCUT2D eigenvalue weighted by Gasteiger charge is 2.18. The molecule has 0 spiro atoms. The zero-order chi connectivity index (χ0) is 14.8. The maximum absolute atomic E-state index is 5.72. The van der Waals surface area contributed by atoms with Gasteiger partial charge in [-0.2, -0.15) is 0 Å². The molecule has 0 saturated heterocycles. The summed E-state index contributed by atoms with van der Waals surface area (Å²) in [5.74, 6) is 0. The van der Waals surface area contributed by atoms with Crippen molar-refractivity contribution in [2.75, 3.05) is 20.8 Å². The standard InChI is InChI=1S/C16H26O3Si/c1-5-15-9-6-10-16(12-15)13-19-11-7-8-14(2)20(17-3)18-4/h5-6,9-10,12,14,20H,1,7-8,11,13H2,2-4H3. The molecule has 0 N–H and O–H groups in total. The van der Waals surface area contributed by atoms with Crippen molar-refractivity contribution in [3.63, 3.8) is 0 Å². The number of hydrogen-bond donors (Lipinski definition) is 0. The smallest absolute Gasteiger partial charge is 0.323 e. The number of ether oxygens (including phenoxy) is 1. The number of benzene rings is 1. The van der Waals surface area contributed by atoms with E-state index in [-0.39, 0.29) is 0 Å². The summed E-state index contributed by atoms with van der Waals surface area (Å²) in [6, 6.07) is 8.26. The van der Waals surface area contributed by atoms with Gasteiger partial charge in [0.25, 0.3) is 0 Å². The highest BCUT2D eigenvalue weighted by Crippen LogP contribution is 2.17. The summed E-state index contributed by atoms with van der Waals surface area (Å²) in [4.78, 5) is 0. The fourth-order valence-corrected chi connectivity index (χ4v) is 3.83. The van der Waals surface area contributed by atoms with Gasteiger partial charge in [0, 0.05) is 20.8 Å². The molecule has 0 saturated carbocycles. The Morgan fingerprint density at radius 3 is 2.70 bits per heavy atom. The van der Waals surface area contributed by atoms with Crippen LogP contribution in [-0.2, 0) is 20.2 Å². The average Bonchev–Trinajstić information content (AvgIpc) is 2.48. The predicted octanol–water partition coefficient (Wildman–Crippen LogP) is 3.53. The van der Waals surface area contributed by atoms with Crippen LogP contribution in [0.2, 0.25) is 5.54 Å². The van der Waals surface area contributed by atoms with E-state index >= 15 is 0 Å². The molecule has 0 radical (unpaired) electrons. The van der Waals surface area contributed by atoms with Crippen molar-refractivity contribution in [1.29, 1.82) is 0 Å². The zero-order valence-corrected chi connectivity index (χ0v) is 14.0. The minimum atomic E-state index is -1.48. The van der Waals surface area contributed by atoms with Crippen LogP contribution in [0.3, 0.4) is 0 Å². The Labute approximate surface area is 124 Å². The topological polar surface area (TPSA) is 27.7 Å². The molecule has 112 valence electrons. The molecule has 3 nitrogen and oxygen atoms in total. The van der Waals surface area contributed by atoms with Crippen molar-refractivity contribution in [2.45, 2.75) is 31.9 Å². The molecule has 1 aromatic rings. The van der Waals surface area contributed by atoms with Gasteiger partial charge < -0.3 is 13.6 Å². The molecule has 0 aromatic heterocycles. The Morgan fingerprint density at radius 1 is 1.30 bits per heavy atom. The van der Waals surface area contributed by atoms with Gasteiger partial charge in [-0.1, -0.05) is 37.8 Å². The monoisotopic (exact) mass is 294 g/mol. The maximum atomic E-state index is 5.72. The van der Waals surface area contributed by atoms with Gasteiger partial charge in [0.2, 0.25) is 0 Å². The van der Waals surface area contributed by atoms with Crippen molar-refractivity contribution in [3.8, 4) is 0 Å². The Hall–Kier alpha value is -0.943. The van der Waals surface area contributed by atoms with Gasteiger partial charge in [0.05, 0.1) is 6.61 Å². The van der Waals surface area contributed by atoms with Crippen molar-refractivity contribution < 1.29 is 13.6 Å². The molecule has 0 amide bonds. The molecule has 0 heterocycles. The minimum Gasteiger partial charge on any atom is -0.400 e. The molecular formula is C16H26O3Si. The summed E-state index contributed by atoms with van der Waals surface area (Å²) in [5, 5.41) is 0. The van der Waals surface area contributed by atoms with E-state index in [1.165, 1.54) is 5.56 Å². The highest BCUT2D eigenvalue weighted by molar-refractivity contribution is 6.46. The Kier molecular flexibility index (Phi) is 8.45. The number of rotatable bonds is 10. The summed E-state index contributed by atoms with van der Waals surface area (Å²) in [6.45, 7) is 7.40. The quantitative estimate of drug-likeness (QED) is 0.488. The normalized spacial score (nSPS) is 12.6. The van der Waals surface area contributed by atoms with Crippen molar-refractivity contribution in [1.82, 2.24) is 0 Å². The van der Waals surface area contributed by atoms with Gasteiger partial charge in [0.15, 0.2) is 0 Å². The minimum absolute atomic E-state index is 0.512. The first-order valence-electron chi connectivity index (χ1n) is 7.06. The fraction of sp³-hybridized carbons (Fsp3) is 0.500. The van der Waals surface area contributed by atoms with E-state index in [0.717, 1.165) is 25.0 Å². The van der Waals surface area contributed by atoms with Gasteiger partial charge >= 0.3 is 9.28 Å². The molecular weight excluding hydrogens is 268 g/mol. The largest absolute Gasteiger partial charge is 0.400 e. The average molecular weight is 294 g/mol. The van der Waals surface area contributed by atoms with E-state index in [1.54, 1.807) is 14.2 Å². The summed E-state index contributed by atoms with van der Waals surface area (Å²) in [7, 11) is 2.00. The lowest BCUT2D eigenvalue weighted by atomic mass is 10.1. The van der Waals surface area contributed by atoms with Crippen molar-refractivity contribution >= 4 is 15.4 Å². The first-order chi connectivity index (χ1) is 9.71. The SMILES string of the molecule is C=Cc1cccc(COCCCC(C)[SiH](OC)OC)c1. The van der Waals surface area contributed by atoms with E-state index in [1.807, 2.05) is 18.2 Å². The molecule has 4 heteroatoms. The van der Waals surface area contributed by atoms with Crippen LogP contribution in [-0.4, -0.2) is 30.1 Å². The van der Waals surface area contributed by atoms with Crippen LogP contribution in [0.4, 0.5) is 0 Å². The molecule has 20 heavy (non-hydrogen) atoms. The van der Waals surface area contributed by atoms with E-state index in [9.17, 15) is 0 Å². The summed E-state index contributed by atoms with van der Waals surface area (Å²) < 4.78 is 16.5. The van der Waals surface area contributed by atoms with Crippen LogP contribution in [0.25, 0.3) is 6.08 Å². The van der Waals surface area contributed by atoms with Crippen LogP contribution in [0.5, 0.6) is 0 Å².